The molecule has 0 aliphatic heterocycles. The molecule has 2 N–H and O–H groups in total. The second kappa shape index (κ2) is 9.18. The van der Waals surface area contributed by atoms with Gasteiger partial charge >= 0.3 is 6.09 Å². The summed E-state index contributed by atoms with van der Waals surface area (Å²) in [7, 11) is 0. The van der Waals surface area contributed by atoms with Crippen molar-refractivity contribution in [1.29, 1.82) is 0 Å². The Morgan fingerprint density at radius 2 is 1.83 bits per heavy atom. The molecule has 1 aliphatic rings. The fraction of sp³-hybridized carbons (Fsp3) is 0.200. The van der Waals surface area contributed by atoms with Crippen molar-refractivity contribution in [2.45, 2.75) is 31.2 Å². The fourth-order valence-corrected chi connectivity index (χ4v) is 4.51. The fourth-order valence-electron chi connectivity index (χ4n) is 4.18. The zero-order chi connectivity index (χ0) is 24.7. The summed E-state index contributed by atoms with van der Waals surface area (Å²) in [6, 6.07) is 10.9. The maximum Gasteiger partial charge on any atom is 0.405 e. The largest absolute Gasteiger partial charge is 0.465 e. The number of fused-ring (bicyclic) bond motifs is 1. The summed E-state index contributed by atoms with van der Waals surface area (Å²) >= 11 is 3.32. The smallest absolute Gasteiger partial charge is 0.405 e. The van der Waals surface area contributed by atoms with Crippen molar-refractivity contribution in [1.82, 2.24) is 19.9 Å². The predicted octanol–water partition coefficient (Wildman–Crippen LogP) is 5.25. The molecule has 0 spiro atoms. The van der Waals surface area contributed by atoms with Gasteiger partial charge in [0.15, 0.2) is 5.65 Å². The van der Waals surface area contributed by atoms with E-state index in [-0.39, 0.29) is 28.8 Å². The Hall–Kier alpha value is -3.66. The first-order valence-electron chi connectivity index (χ1n) is 10.9. The maximum absolute atomic E-state index is 13.8. The van der Waals surface area contributed by atoms with Gasteiger partial charge < -0.3 is 10.4 Å². The van der Waals surface area contributed by atoms with Crippen molar-refractivity contribution in [2.75, 3.05) is 0 Å². The van der Waals surface area contributed by atoms with Gasteiger partial charge in [-0.15, -0.1) is 0 Å². The van der Waals surface area contributed by atoms with Gasteiger partial charge in [-0.05, 0) is 76.1 Å². The molecular weight excluding hydrogens is 522 g/mol. The third kappa shape index (κ3) is 4.93. The molecule has 1 amide bonds. The summed E-state index contributed by atoms with van der Waals surface area (Å²) in [4.78, 5) is 34.1. The Kier molecular flexibility index (Phi) is 6.06. The Bertz CT molecular complexity index is 1480. The summed E-state index contributed by atoms with van der Waals surface area (Å²) in [5.74, 6) is -1.01. The molecular formula is C25H19BrF2N4O3. The van der Waals surface area contributed by atoms with Gasteiger partial charge in [-0.2, -0.15) is 0 Å². The number of benzene rings is 2. The van der Waals surface area contributed by atoms with Crippen LogP contribution in [0.5, 0.6) is 0 Å². The molecule has 10 heteroatoms. The number of carbonyl (C=O) groups is 1. The molecule has 0 unspecified atom stereocenters. The molecule has 4 aromatic rings. The number of amides is 1. The van der Waals surface area contributed by atoms with Crippen molar-refractivity contribution in [3.63, 3.8) is 0 Å². The zero-order valence-electron chi connectivity index (χ0n) is 18.2. The molecule has 2 aromatic heterocycles. The quantitative estimate of drug-likeness (QED) is 0.348. The second-order valence-electron chi connectivity index (χ2n) is 8.48. The highest BCUT2D eigenvalue weighted by Gasteiger charge is 2.26. The van der Waals surface area contributed by atoms with Crippen molar-refractivity contribution in [3.05, 3.63) is 98.1 Å². The van der Waals surface area contributed by atoms with E-state index in [4.69, 9.17) is 0 Å². The molecule has 7 nitrogen and oxygen atoms in total. The molecule has 1 saturated carbocycles. The van der Waals surface area contributed by atoms with Crippen LogP contribution in [0.4, 0.5) is 13.6 Å². The van der Waals surface area contributed by atoms with Crippen molar-refractivity contribution < 1.29 is 18.7 Å². The normalized spacial score (nSPS) is 14.1. The first-order valence-corrected chi connectivity index (χ1v) is 11.7. The molecule has 0 radical (unpaired) electrons. The maximum atomic E-state index is 13.8. The van der Waals surface area contributed by atoms with Gasteiger partial charge in [0.25, 0.3) is 5.56 Å². The van der Waals surface area contributed by atoms with Gasteiger partial charge in [0.2, 0.25) is 0 Å². The average molecular weight is 541 g/mol. The lowest BCUT2D eigenvalue weighted by Gasteiger charge is -2.22. The Balaban J connectivity index is 1.70. The number of nitrogens with one attached hydrogen (secondary N) is 1. The Labute approximate surface area is 206 Å². The van der Waals surface area contributed by atoms with Crippen molar-refractivity contribution in [3.8, 4) is 5.69 Å². The summed E-state index contributed by atoms with van der Waals surface area (Å²) in [5.41, 5.74) is 1.54. The van der Waals surface area contributed by atoms with Crippen LogP contribution in [-0.4, -0.2) is 25.7 Å². The minimum atomic E-state index is -1.37. The summed E-state index contributed by atoms with van der Waals surface area (Å²) in [5, 5.41) is 12.1. The standard InChI is InChI=1S/C25H19BrF2N4O3/c26-16-10-20-22(29-12-16)31-23(21(30-25(34)35)9-13-7-17(27)11-18(28)8-13)32(24(20)33)19-5-3-15(4-6-19)14-1-2-14/h3-8,10-12,14,21,30H,1-2,9H2,(H,34,35)/t21-/m0/s1. The van der Waals surface area contributed by atoms with Crippen molar-refractivity contribution in [2.24, 2.45) is 0 Å². The highest BCUT2D eigenvalue weighted by Crippen LogP contribution is 2.40. The van der Waals surface area contributed by atoms with E-state index in [2.05, 4.69) is 31.2 Å². The highest BCUT2D eigenvalue weighted by molar-refractivity contribution is 9.10. The summed E-state index contributed by atoms with van der Waals surface area (Å²) < 4.78 is 29.6. The Morgan fingerprint density at radius 1 is 1.14 bits per heavy atom. The lowest BCUT2D eigenvalue weighted by Crippen LogP contribution is -2.35. The van der Waals surface area contributed by atoms with Crippen LogP contribution in [0.15, 0.2) is 64.0 Å². The first-order chi connectivity index (χ1) is 16.8. The topological polar surface area (TPSA) is 97.1 Å². The second-order valence-corrected chi connectivity index (χ2v) is 9.40. The van der Waals surface area contributed by atoms with E-state index < -0.39 is 29.3 Å². The van der Waals surface area contributed by atoms with Crippen LogP contribution in [0.3, 0.4) is 0 Å². The van der Waals surface area contributed by atoms with Gasteiger partial charge in [0, 0.05) is 23.2 Å². The van der Waals surface area contributed by atoms with Crippen LogP contribution in [0, 0.1) is 11.6 Å². The first kappa shape index (κ1) is 23.1. The summed E-state index contributed by atoms with van der Waals surface area (Å²) in [6.45, 7) is 0. The van der Waals surface area contributed by atoms with Crippen LogP contribution in [0.25, 0.3) is 16.7 Å². The highest BCUT2D eigenvalue weighted by atomic mass is 79.9. The van der Waals surface area contributed by atoms with Gasteiger partial charge in [-0.3, -0.25) is 9.36 Å². The van der Waals surface area contributed by atoms with E-state index in [1.807, 2.05) is 12.1 Å². The number of rotatable bonds is 6. The molecule has 2 aromatic carbocycles. The van der Waals surface area contributed by atoms with Crippen LogP contribution < -0.4 is 10.9 Å². The van der Waals surface area contributed by atoms with Gasteiger partial charge in [0.05, 0.1) is 17.1 Å². The van der Waals surface area contributed by atoms with E-state index in [9.17, 15) is 23.5 Å². The predicted molar refractivity (Wildman–Crippen MR) is 129 cm³/mol. The van der Waals surface area contributed by atoms with E-state index in [0.717, 1.165) is 36.6 Å². The van der Waals surface area contributed by atoms with E-state index >= 15 is 0 Å². The third-order valence-electron chi connectivity index (χ3n) is 5.89. The molecule has 35 heavy (non-hydrogen) atoms. The van der Waals surface area contributed by atoms with Crippen LogP contribution in [0.1, 0.15) is 41.8 Å². The molecule has 178 valence electrons. The molecule has 1 atom stereocenters. The summed E-state index contributed by atoms with van der Waals surface area (Å²) in [6.07, 6.45) is 2.21. The molecule has 5 rings (SSSR count). The zero-order valence-corrected chi connectivity index (χ0v) is 19.8. The lowest BCUT2D eigenvalue weighted by molar-refractivity contribution is 0.189. The molecule has 0 saturated heterocycles. The van der Waals surface area contributed by atoms with E-state index in [1.165, 1.54) is 10.8 Å². The number of hydrogen-bond acceptors (Lipinski definition) is 4. The molecule has 2 heterocycles. The van der Waals surface area contributed by atoms with Crippen LogP contribution in [0.2, 0.25) is 0 Å². The number of hydrogen-bond donors (Lipinski definition) is 2. The number of nitrogens with zero attached hydrogens (tertiary/aromatic N) is 3. The monoisotopic (exact) mass is 540 g/mol. The van der Waals surface area contributed by atoms with Gasteiger partial charge in [0.1, 0.15) is 17.5 Å². The number of pyridine rings is 1. The van der Waals surface area contributed by atoms with E-state index in [0.29, 0.717) is 16.1 Å². The number of halogens is 3. The minimum Gasteiger partial charge on any atom is -0.465 e. The molecule has 1 fully saturated rings. The van der Waals surface area contributed by atoms with Crippen LogP contribution in [-0.2, 0) is 6.42 Å². The molecule has 0 bridgehead atoms. The number of aromatic nitrogens is 3. The number of carboxylic acid groups (broad SMARTS) is 1. The van der Waals surface area contributed by atoms with Gasteiger partial charge in [-0.1, -0.05) is 12.1 Å². The van der Waals surface area contributed by atoms with E-state index in [1.54, 1.807) is 18.2 Å². The average Bonchev–Trinajstić information content (AvgIpc) is 3.64. The van der Waals surface area contributed by atoms with Crippen molar-refractivity contribution >= 4 is 33.1 Å². The lowest BCUT2D eigenvalue weighted by atomic mass is 10.0. The SMILES string of the molecule is O=C(O)N[C@@H](Cc1cc(F)cc(F)c1)c1nc2ncc(Br)cc2c(=O)n1-c1ccc(C2CC2)cc1. The Morgan fingerprint density at radius 3 is 2.46 bits per heavy atom. The minimum absolute atomic E-state index is 0.0589. The third-order valence-corrected chi connectivity index (χ3v) is 6.32. The molecule has 1 aliphatic carbocycles. The van der Waals surface area contributed by atoms with Gasteiger partial charge in [-0.25, -0.2) is 23.5 Å². The van der Waals surface area contributed by atoms with Crippen LogP contribution >= 0.6 is 15.9 Å².